The van der Waals surface area contributed by atoms with Gasteiger partial charge in [-0.25, -0.2) is 9.97 Å². The molecule has 0 aliphatic carbocycles. The van der Waals surface area contributed by atoms with Crippen LogP contribution >= 0.6 is 0 Å². The largest absolute Gasteiger partial charge is 0.479 e. The Kier molecular flexibility index (Phi) is 3.20. The van der Waals surface area contributed by atoms with Crippen molar-refractivity contribution in [1.29, 1.82) is 0 Å². The summed E-state index contributed by atoms with van der Waals surface area (Å²) >= 11 is 0. The highest BCUT2D eigenvalue weighted by atomic mass is 16.5. The van der Waals surface area contributed by atoms with Crippen molar-refractivity contribution in [2.75, 3.05) is 19.1 Å². The summed E-state index contributed by atoms with van der Waals surface area (Å²) in [6.45, 7) is 0.653. The fourth-order valence-corrected chi connectivity index (χ4v) is 2.10. The van der Waals surface area contributed by atoms with E-state index < -0.39 is 0 Å². The molecule has 0 radical (unpaired) electrons. The molecule has 0 aliphatic rings. The Bertz CT molecular complexity index is 710. The quantitative estimate of drug-likeness (QED) is 0.724. The van der Waals surface area contributed by atoms with Gasteiger partial charge in [-0.2, -0.15) is 4.98 Å². The Labute approximate surface area is 116 Å². The van der Waals surface area contributed by atoms with Crippen LogP contribution in [0.1, 0.15) is 0 Å². The average Bonchev–Trinajstić information content (AvgIpc) is 2.91. The van der Waals surface area contributed by atoms with Gasteiger partial charge in [0.15, 0.2) is 11.2 Å². The van der Waals surface area contributed by atoms with Crippen molar-refractivity contribution in [2.24, 2.45) is 0 Å². The first-order valence-electron chi connectivity index (χ1n) is 6.25. The van der Waals surface area contributed by atoms with Gasteiger partial charge in [-0.1, -0.05) is 18.2 Å². The normalized spacial score (nSPS) is 10.7. The topological polar surface area (TPSA) is 56.1 Å². The minimum Gasteiger partial charge on any atom is -0.479 e. The molecule has 0 N–H and O–H groups in total. The van der Waals surface area contributed by atoms with E-state index in [1.165, 1.54) is 6.33 Å². The lowest BCUT2D eigenvalue weighted by Crippen LogP contribution is -2.20. The molecule has 20 heavy (non-hydrogen) atoms. The first-order valence-corrected chi connectivity index (χ1v) is 6.25. The molecule has 0 bridgehead atoms. The van der Waals surface area contributed by atoms with Crippen LogP contribution in [0.2, 0.25) is 0 Å². The van der Waals surface area contributed by atoms with Crippen molar-refractivity contribution in [3.05, 3.63) is 43.0 Å². The third-order valence-corrected chi connectivity index (χ3v) is 3.12. The van der Waals surface area contributed by atoms with Crippen molar-refractivity contribution in [3.63, 3.8) is 0 Å². The number of nitrogens with zero attached hydrogens (tertiary/aromatic N) is 5. The highest BCUT2D eigenvalue weighted by Crippen LogP contribution is 2.20. The van der Waals surface area contributed by atoms with E-state index in [0.717, 1.165) is 11.3 Å². The molecule has 6 nitrogen and oxygen atoms in total. The van der Waals surface area contributed by atoms with Crippen molar-refractivity contribution in [2.45, 2.75) is 6.67 Å². The SMILES string of the molecule is COc1ncnc2c1ncn2CN(C)c1ccccc1. The van der Waals surface area contributed by atoms with Gasteiger partial charge in [-0.15, -0.1) is 0 Å². The molecule has 0 unspecified atom stereocenters. The number of para-hydroxylation sites is 1. The number of benzene rings is 1. The number of hydrogen-bond donors (Lipinski definition) is 0. The lowest BCUT2D eigenvalue weighted by molar-refractivity contribution is 0.401. The molecule has 102 valence electrons. The molecule has 2 aromatic heterocycles. The van der Waals surface area contributed by atoms with E-state index in [4.69, 9.17) is 4.74 Å². The van der Waals surface area contributed by atoms with Crippen molar-refractivity contribution in [3.8, 4) is 5.88 Å². The number of ether oxygens (including phenoxy) is 1. The first-order chi connectivity index (χ1) is 9.79. The minimum absolute atomic E-state index is 0.496. The van der Waals surface area contributed by atoms with Crippen LogP contribution in [0.15, 0.2) is 43.0 Å². The van der Waals surface area contributed by atoms with Crippen molar-refractivity contribution in [1.82, 2.24) is 19.5 Å². The van der Waals surface area contributed by atoms with E-state index in [1.807, 2.05) is 29.8 Å². The number of aromatic nitrogens is 4. The monoisotopic (exact) mass is 269 g/mol. The maximum absolute atomic E-state index is 5.19. The summed E-state index contributed by atoms with van der Waals surface area (Å²) < 4.78 is 7.15. The number of anilines is 1. The molecule has 2 heterocycles. The summed E-state index contributed by atoms with van der Waals surface area (Å²) in [5.74, 6) is 0.496. The Hall–Kier alpha value is -2.63. The zero-order valence-electron chi connectivity index (χ0n) is 11.4. The van der Waals surface area contributed by atoms with Crippen LogP contribution in [-0.2, 0) is 6.67 Å². The predicted molar refractivity (Wildman–Crippen MR) is 76.7 cm³/mol. The number of methoxy groups -OCH3 is 1. The van der Waals surface area contributed by atoms with Crippen LogP contribution in [0.4, 0.5) is 5.69 Å². The molecular formula is C14H15N5O. The minimum atomic E-state index is 0.496. The van der Waals surface area contributed by atoms with Gasteiger partial charge in [0.05, 0.1) is 20.1 Å². The predicted octanol–water partition coefficient (Wildman–Crippen LogP) is 1.93. The molecule has 0 saturated heterocycles. The Morgan fingerprint density at radius 2 is 1.95 bits per heavy atom. The smallest absolute Gasteiger partial charge is 0.245 e. The highest BCUT2D eigenvalue weighted by Gasteiger charge is 2.11. The number of fused-ring (bicyclic) bond motifs is 1. The molecule has 0 spiro atoms. The summed E-state index contributed by atoms with van der Waals surface area (Å²) in [5.41, 5.74) is 2.58. The molecule has 3 rings (SSSR count). The summed E-state index contributed by atoms with van der Waals surface area (Å²) in [6, 6.07) is 10.2. The van der Waals surface area contributed by atoms with Crippen LogP contribution in [0, 0.1) is 0 Å². The maximum atomic E-state index is 5.19. The maximum Gasteiger partial charge on any atom is 0.245 e. The van der Waals surface area contributed by atoms with E-state index in [2.05, 4.69) is 32.0 Å². The third-order valence-electron chi connectivity index (χ3n) is 3.12. The number of rotatable bonds is 4. The van der Waals surface area contributed by atoms with Gasteiger partial charge in [-0.05, 0) is 12.1 Å². The van der Waals surface area contributed by atoms with Gasteiger partial charge < -0.3 is 9.64 Å². The standard InChI is InChI=1S/C14H15N5O/c1-18(11-6-4-3-5-7-11)10-19-9-17-12-13(19)15-8-16-14(12)20-2/h3-9H,10H2,1-2H3. The van der Waals surface area contributed by atoms with E-state index in [1.54, 1.807) is 13.4 Å². The van der Waals surface area contributed by atoms with Gasteiger partial charge >= 0.3 is 0 Å². The summed E-state index contributed by atoms with van der Waals surface area (Å²) in [4.78, 5) is 14.8. The second-order valence-electron chi connectivity index (χ2n) is 4.44. The summed E-state index contributed by atoms with van der Waals surface area (Å²) in [5, 5.41) is 0. The molecule has 0 saturated carbocycles. The second kappa shape index (κ2) is 5.16. The number of hydrogen-bond acceptors (Lipinski definition) is 5. The van der Waals surface area contributed by atoms with Gasteiger partial charge in [0, 0.05) is 12.7 Å². The van der Waals surface area contributed by atoms with E-state index in [-0.39, 0.29) is 0 Å². The van der Waals surface area contributed by atoms with Crippen molar-refractivity contribution >= 4 is 16.9 Å². The first kappa shape index (κ1) is 12.4. The van der Waals surface area contributed by atoms with Crippen LogP contribution in [0.5, 0.6) is 5.88 Å². The van der Waals surface area contributed by atoms with Gasteiger partial charge in [-0.3, -0.25) is 4.57 Å². The molecule has 0 atom stereocenters. The lowest BCUT2D eigenvalue weighted by Gasteiger charge is -2.19. The number of imidazole rings is 1. The Morgan fingerprint density at radius 1 is 1.15 bits per heavy atom. The Morgan fingerprint density at radius 3 is 2.70 bits per heavy atom. The molecule has 0 aliphatic heterocycles. The van der Waals surface area contributed by atoms with Crippen LogP contribution in [0.3, 0.4) is 0 Å². The molecule has 3 aromatic rings. The molecule has 6 heteroatoms. The highest BCUT2D eigenvalue weighted by molar-refractivity contribution is 5.75. The zero-order chi connectivity index (χ0) is 13.9. The zero-order valence-corrected chi connectivity index (χ0v) is 11.4. The van der Waals surface area contributed by atoms with Crippen LogP contribution in [0.25, 0.3) is 11.2 Å². The Balaban J connectivity index is 1.92. The third kappa shape index (κ3) is 2.16. The van der Waals surface area contributed by atoms with E-state index in [0.29, 0.717) is 18.1 Å². The molecular weight excluding hydrogens is 254 g/mol. The lowest BCUT2D eigenvalue weighted by atomic mass is 10.3. The summed E-state index contributed by atoms with van der Waals surface area (Å²) in [6.07, 6.45) is 3.24. The van der Waals surface area contributed by atoms with E-state index in [9.17, 15) is 0 Å². The molecule has 0 amide bonds. The second-order valence-corrected chi connectivity index (χ2v) is 4.44. The fraction of sp³-hybridized carbons (Fsp3) is 0.214. The van der Waals surface area contributed by atoms with Crippen molar-refractivity contribution < 1.29 is 4.74 Å². The van der Waals surface area contributed by atoms with Crippen LogP contribution in [-0.4, -0.2) is 33.7 Å². The molecule has 1 aromatic carbocycles. The average molecular weight is 269 g/mol. The summed E-state index contributed by atoms with van der Waals surface area (Å²) in [7, 11) is 3.61. The fourth-order valence-electron chi connectivity index (χ4n) is 2.10. The van der Waals surface area contributed by atoms with Gasteiger partial charge in [0.1, 0.15) is 6.33 Å². The van der Waals surface area contributed by atoms with Gasteiger partial charge in [0.2, 0.25) is 5.88 Å². The van der Waals surface area contributed by atoms with E-state index >= 15 is 0 Å². The van der Waals surface area contributed by atoms with Gasteiger partial charge in [0.25, 0.3) is 0 Å². The van der Waals surface area contributed by atoms with Crippen LogP contribution < -0.4 is 9.64 Å². The molecule has 0 fully saturated rings.